The van der Waals surface area contributed by atoms with Crippen molar-refractivity contribution in [2.24, 2.45) is 0 Å². The molecule has 0 bridgehead atoms. The van der Waals surface area contributed by atoms with Crippen molar-refractivity contribution in [2.75, 3.05) is 18.2 Å². The Balaban J connectivity index is 1.61. The summed E-state index contributed by atoms with van der Waals surface area (Å²) < 4.78 is 31.1. The summed E-state index contributed by atoms with van der Waals surface area (Å²) >= 11 is 0. The fraction of sp³-hybridized carbons (Fsp3) is 0.786. The van der Waals surface area contributed by atoms with Gasteiger partial charge in [0.2, 0.25) is 0 Å². The summed E-state index contributed by atoms with van der Waals surface area (Å²) in [5.74, 6) is 0. The van der Waals surface area contributed by atoms with Gasteiger partial charge in [0.15, 0.2) is 9.84 Å². The molecule has 2 aliphatic rings. The molecule has 2 fully saturated rings. The first-order chi connectivity index (χ1) is 10.0. The molecule has 1 aliphatic carbocycles. The van der Waals surface area contributed by atoms with Gasteiger partial charge in [0, 0.05) is 25.1 Å². The highest BCUT2D eigenvalue weighted by atomic mass is 32.2. The second-order valence-corrected chi connectivity index (χ2v) is 8.40. The van der Waals surface area contributed by atoms with Gasteiger partial charge in [-0.05, 0) is 32.1 Å². The number of hydrogen-bond donors (Lipinski definition) is 1. The van der Waals surface area contributed by atoms with Crippen LogP contribution in [0.25, 0.3) is 0 Å². The molecule has 1 N–H and O–H groups in total. The van der Waals surface area contributed by atoms with Crippen molar-refractivity contribution in [2.45, 2.75) is 56.0 Å². The van der Waals surface area contributed by atoms with E-state index in [4.69, 9.17) is 4.74 Å². The number of nitrogens with one attached hydrogen (secondary N) is 1. The first-order valence-corrected chi connectivity index (χ1v) is 9.57. The molecule has 3 rings (SSSR count). The molecule has 0 spiro atoms. The largest absolute Gasteiger partial charge is 0.378 e. The van der Waals surface area contributed by atoms with Crippen LogP contribution in [0.3, 0.4) is 0 Å². The normalized spacial score (nSPS) is 29.9. The van der Waals surface area contributed by atoms with E-state index in [9.17, 15) is 8.42 Å². The molecule has 1 aromatic rings. The molecule has 1 saturated heterocycles. The van der Waals surface area contributed by atoms with Gasteiger partial charge in [0.05, 0.1) is 29.8 Å². The second kappa shape index (κ2) is 5.96. The maximum absolute atomic E-state index is 11.8. The molecule has 21 heavy (non-hydrogen) atoms. The van der Waals surface area contributed by atoms with E-state index in [1.807, 2.05) is 10.9 Å². The van der Waals surface area contributed by atoms with Gasteiger partial charge in [-0.25, -0.2) is 8.42 Å². The van der Waals surface area contributed by atoms with Crippen molar-refractivity contribution >= 4 is 15.5 Å². The molecule has 3 unspecified atom stereocenters. The highest BCUT2D eigenvalue weighted by Gasteiger charge is 2.34. The van der Waals surface area contributed by atoms with Crippen LogP contribution < -0.4 is 5.32 Å². The van der Waals surface area contributed by atoms with Crippen molar-refractivity contribution in [1.82, 2.24) is 9.78 Å². The Bertz CT molecular complexity index is 578. The van der Waals surface area contributed by atoms with E-state index in [0.717, 1.165) is 50.9 Å². The standard InChI is InChI=1S/C14H23N3O3S/c1-21(18,19)14-6-2-5-13(14)16-11-8-15-17(9-11)10-12-4-3-7-20-12/h8-9,12-14,16H,2-7,10H2,1H3. The van der Waals surface area contributed by atoms with Crippen molar-refractivity contribution in [3.63, 3.8) is 0 Å². The van der Waals surface area contributed by atoms with Gasteiger partial charge >= 0.3 is 0 Å². The Morgan fingerprint density at radius 3 is 2.95 bits per heavy atom. The van der Waals surface area contributed by atoms with Crippen molar-refractivity contribution in [3.05, 3.63) is 12.4 Å². The summed E-state index contributed by atoms with van der Waals surface area (Å²) in [7, 11) is -2.99. The molecule has 1 saturated carbocycles. The fourth-order valence-electron chi connectivity index (χ4n) is 3.35. The highest BCUT2D eigenvalue weighted by molar-refractivity contribution is 7.91. The van der Waals surface area contributed by atoms with Gasteiger partial charge in [-0.15, -0.1) is 0 Å². The van der Waals surface area contributed by atoms with Crippen LogP contribution in [0.15, 0.2) is 12.4 Å². The molecule has 0 aromatic carbocycles. The third-order valence-corrected chi connectivity index (χ3v) is 6.07. The average Bonchev–Trinajstić information content (AvgIpc) is 3.11. The molecule has 6 nitrogen and oxygen atoms in total. The minimum atomic E-state index is -2.99. The lowest BCUT2D eigenvalue weighted by Crippen LogP contribution is -2.34. The number of sulfone groups is 1. The average molecular weight is 313 g/mol. The topological polar surface area (TPSA) is 73.2 Å². The van der Waals surface area contributed by atoms with Crippen LogP contribution in [0.4, 0.5) is 5.69 Å². The number of rotatable bonds is 5. The third-order valence-electron chi connectivity index (χ3n) is 4.40. The summed E-state index contributed by atoms with van der Waals surface area (Å²) in [6, 6.07) is 0.000352. The lowest BCUT2D eigenvalue weighted by molar-refractivity contribution is 0.0940. The van der Waals surface area contributed by atoms with Gasteiger partial charge in [-0.3, -0.25) is 4.68 Å². The second-order valence-electron chi connectivity index (χ2n) is 6.14. The van der Waals surface area contributed by atoms with Crippen LogP contribution in [-0.4, -0.2) is 48.5 Å². The fourth-order valence-corrected chi connectivity index (χ4v) is 4.75. The third kappa shape index (κ3) is 3.58. The van der Waals surface area contributed by atoms with E-state index in [1.54, 1.807) is 6.20 Å². The Labute approximate surface area is 125 Å². The summed E-state index contributed by atoms with van der Waals surface area (Å²) in [5, 5.41) is 7.39. The minimum Gasteiger partial charge on any atom is -0.378 e. The lowest BCUT2D eigenvalue weighted by Gasteiger charge is -2.19. The maximum atomic E-state index is 11.8. The quantitative estimate of drug-likeness (QED) is 0.890. The number of ether oxygens (including phenoxy) is 1. The summed E-state index contributed by atoms with van der Waals surface area (Å²) in [4.78, 5) is 0. The van der Waals surface area contributed by atoms with Gasteiger partial charge in [-0.2, -0.15) is 5.10 Å². The van der Waals surface area contributed by atoms with E-state index in [-0.39, 0.29) is 17.4 Å². The van der Waals surface area contributed by atoms with E-state index >= 15 is 0 Å². The first-order valence-electron chi connectivity index (χ1n) is 7.62. The SMILES string of the molecule is CS(=O)(=O)C1CCCC1Nc1cnn(CC2CCCO2)c1. The maximum Gasteiger partial charge on any atom is 0.152 e. The highest BCUT2D eigenvalue weighted by Crippen LogP contribution is 2.28. The molecule has 118 valence electrons. The Hall–Kier alpha value is -1.08. The van der Waals surface area contributed by atoms with E-state index in [1.165, 1.54) is 6.26 Å². The first kappa shape index (κ1) is 14.8. The molecule has 0 radical (unpaired) electrons. The van der Waals surface area contributed by atoms with Crippen molar-refractivity contribution < 1.29 is 13.2 Å². The van der Waals surface area contributed by atoms with E-state index < -0.39 is 9.84 Å². The molecule has 1 aromatic heterocycles. The van der Waals surface area contributed by atoms with Crippen LogP contribution in [0.1, 0.15) is 32.1 Å². The number of hydrogen-bond acceptors (Lipinski definition) is 5. The van der Waals surface area contributed by atoms with Gasteiger partial charge < -0.3 is 10.1 Å². The van der Waals surface area contributed by atoms with Gasteiger partial charge in [0.25, 0.3) is 0 Å². The monoisotopic (exact) mass is 313 g/mol. The zero-order valence-corrected chi connectivity index (χ0v) is 13.2. The Morgan fingerprint density at radius 2 is 2.24 bits per heavy atom. The summed E-state index contributed by atoms with van der Waals surface area (Å²) in [6.07, 6.45) is 10.1. The summed E-state index contributed by atoms with van der Waals surface area (Å²) in [5.41, 5.74) is 0.897. The van der Waals surface area contributed by atoms with Crippen LogP contribution >= 0.6 is 0 Å². The Kier molecular flexibility index (Phi) is 4.21. The molecule has 2 heterocycles. The van der Waals surface area contributed by atoms with Gasteiger partial charge in [0.1, 0.15) is 0 Å². The van der Waals surface area contributed by atoms with Crippen molar-refractivity contribution in [3.8, 4) is 0 Å². The molecule has 0 amide bonds. The van der Waals surface area contributed by atoms with Crippen LogP contribution in [0.5, 0.6) is 0 Å². The van der Waals surface area contributed by atoms with Gasteiger partial charge in [-0.1, -0.05) is 0 Å². The molecular weight excluding hydrogens is 290 g/mol. The van der Waals surface area contributed by atoms with Crippen LogP contribution in [-0.2, 0) is 21.1 Å². The zero-order valence-electron chi connectivity index (χ0n) is 12.4. The predicted octanol–water partition coefficient (Wildman–Crippen LogP) is 1.44. The number of nitrogens with zero attached hydrogens (tertiary/aromatic N) is 2. The smallest absolute Gasteiger partial charge is 0.152 e. The summed E-state index contributed by atoms with van der Waals surface area (Å²) in [6.45, 7) is 1.61. The number of anilines is 1. The van der Waals surface area contributed by atoms with E-state index in [0.29, 0.717) is 0 Å². The lowest BCUT2D eigenvalue weighted by atomic mass is 10.2. The number of aromatic nitrogens is 2. The molecular formula is C14H23N3O3S. The van der Waals surface area contributed by atoms with Crippen LogP contribution in [0, 0.1) is 0 Å². The molecule has 3 atom stereocenters. The predicted molar refractivity (Wildman–Crippen MR) is 81.1 cm³/mol. The zero-order chi connectivity index (χ0) is 14.9. The van der Waals surface area contributed by atoms with E-state index in [2.05, 4.69) is 10.4 Å². The Morgan fingerprint density at radius 1 is 1.38 bits per heavy atom. The minimum absolute atomic E-state index is 0.000352. The molecule has 7 heteroatoms. The molecule has 1 aliphatic heterocycles. The van der Waals surface area contributed by atoms with Crippen molar-refractivity contribution in [1.29, 1.82) is 0 Å². The van der Waals surface area contributed by atoms with Crippen LogP contribution in [0.2, 0.25) is 0 Å².